The number of carbonyl (C=O) groups excluding carboxylic acids is 1. The molecule has 1 N–H and O–H groups in total. The number of aliphatic hydroxyl groups excluding tert-OH is 1. The Morgan fingerprint density at radius 1 is 1.53 bits per heavy atom. The van der Waals surface area contributed by atoms with Gasteiger partial charge in [-0.3, -0.25) is 14.9 Å². The first-order valence-electron chi connectivity index (χ1n) is 5.61. The van der Waals surface area contributed by atoms with Crippen molar-refractivity contribution in [2.75, 3.05) is 6.61 Å². The largest absolute Gasteiger partial charge is 0.465 e. The van der Waals surface area contributed by atoms with Gasteiger partial charge in [0.25, 0.3) is 5.69 Å². The average molecular weight is 263 g/mol. The number of hydrogen-bond donors (Lipinski definition) is 1. The number of nitro benzene ring substituents is 1. The highest BCUT2D eigenvalue weighted by Crippen LogP contribution is 2.19. The fraction of sp³-hybridized carbons (Fsp3) is 0.308. The van der Waals surface area contributed by atoms with E-state index in [9.17, 15) is 14.9 Å². The summed E-state index contributed by atoms with van der Waals surface area (Å²) < 4.78 is 4.70. The van der Waals surface area contributed by atoms with E-state index in [0.717, 1.165) is 0 Å². The van der Waals surface area contributed by atoms with Crippen LogP contribution in [0.25, 0.3) is 0 Å². The van der Waals surface area contributed by atoms with Crippen molar-refractivity contribution >= 4 is 11.7 Å². The highest BCUT2D eigenvalue weighted by Gasteiger charge is 2.12. The maximum Gasteiger partial charge on any atom is 0.317 e. The van der Waals surface area contributed by atoms with Crippen molar-refractivity contribution in [3.8, 4) is 11.8 Å². The summed E-state index contributed by atoms with van der Waals surface area (Å²) in [6.45, 7) is 1.56. The summed E-state index contributed by atoms with van der Waals surface area (Å²) >= 11 is 0. The van der Waals surface area contributed by atoms with Gasteiger partial charge in [-0.25, -0.2) is 0 Å². The summed E-state index contributed by atoms with van der Waals surface area (Å²) in [7, 11) is 0. The zero-order valence-corrected chi connectivity index (χ0v) is 10.4. The van der Waals surface area contributed by atoms with E-state index >= 15 is 0 Å². The van der Waals surface area contributed by atoms with Gasteiger partial charge in [-0.1, -0.05) is 11.8 Å². The van der Waals surface area contributed by atoms with E-state index in [1.165, 1.54) is 18.2 Å². The van der Waals surface area contributed by atoms with E-state index in [0.29, 0.717) is 12.2 Å². The molecule has 0 heterocycles. The summed E-state index contributed by atoms with van der Waals surface area (Å²) in [4.78, 5) is 21.1. The van der Waals surface area contributed by atoms with Crippen LogP contribution in [0.15, 0.2) is 18.2 Å². The first-order valence-corrected chi connectivity index (χ1v) is 5.61. The van der Waals surface area contributed by atoms with Gasteiger partial charge >= 0.3 is 5.97 Å². The molecular formula is C13H13NO5. The highest BCUT2D eigenvalue weighted by atomic mass is 16.6. The first-order chi connectivity index (χ1) is 9.08. The maximum absolute atomic E-state index is 11.0. The van der Waals surface area contributed by atoms with Crippen LogP contribution in [0.3, 0.4) is 0 Å². The molecule has 0 spiro atoms. The van der Waals surface area contributed by atoms with Gasteiger partial charge in [-0.2, -0.15) is 0 Å². The molecule has 0 fully saturated rings. The molecule has 6 nitrogen and oxygen atoms in total. The molecule has 0 radical (unpaired) electrons. The first kappa shape index (κ1) is 14.7. The van der Waals surface area contributed by atoms with Crippen LogP contribution in [0, 0.1) is 22.0 Å². The van der Waals surface area contributed by atoms with Crippen LogP contribution in [0.4, 0.5) is 5.69 Å². The zero-order valence-electron chi connectivity index (χ0n) is 10.4. The van der Waals surface area contributed by atoms with Crippen molar-refractivity contribution in [3.05, 3.63) is 39.4 Å². The van der Waals surface area contributed by atoms with Crippen LogP contribution in [0.1, 0.15) is 24.5 Å². The van der Waals surface area contributed by atoms with Gasteiger partial charge in [0.15, 0.2) is 0 Å². The quantitative estimate of drug-likeness (QED) is 0.384. The summed E-state index contributed by atoms with van der Waals surface area (Å²) in [5.74, 6) is 4.88. The van der Waals surface area contributed by atoms with Crippen molar-refractivity contribution in [1.82, 2.24) is 0 Å². The number of esters is 1. The lowest BCUT2D eigenvalue weighted by Gasteiger charge is -1.99. The number of benzene rings is 1. The Kier molecular flexibility index (Phi) is 5.51. The van der Waals surface area contributed by atoms with Gasteiger partial charge < -0.3 is 9.84 Å². The Bertz CT molecular complexity index is 542. The maximum atomic E-state index is 11.0. The van der Waals surface area contributed by atoms with Crippen molar-refractivity contribution in [1.29, 1.82) is 0 Å². The number of carbonyl (C=O) groups is 1. The molecule has 1 aromatic carbocycles. The Labute approximate surface area is 110 Å². The molecule has 0 aliphatic heterocycles. The minimum atomic E-state index is -0.568. The van der Waals surface area contributed by atoms with Gasteiger partial charge in [0.1, 0.15) is 6.42 Å². The van der Waals surface area contributed by atoms with Crippen molar-refractivity contribution in [2.45, 2.75) is 20.0 Å². The van der Waals surface area contributed by atoms with Crippen molar-refractivity contribution in [2.24, 2.45) is 0 Å². The zero-order chi connectivity index (χ0) is 14.3. The van der Waals surface area contributed by atoms with Gasteiger partial charge in [0.05, 0.1) is 23.7 Å². The van der Waals surface area contributed by atoms with Crippen LogP contribution in [0.5, 0.6) is 0 Å². The second kappa shape index (κ2) is 7.13. The number of hydrogen-bond acceptors (Lipinski definition) is 5. The number of ether oxygens (including phenoxy) is 1. The molecular weight excluding hydrogens is 250 g/mol. The molecule has 0 saturated heterocycles. The van der Waals surface area contributed by atoms with Gasteiger partial charge in [0, 0.05) is 11.6 Å². The van der Waals surface area contributed by atoms with Crippen LogP contribution in [-0.2, 0) is 16.1 Å². The molecule has 0 saturated carbocycles. The molecule has 0 aliphatic rings. The van der Waals surface area contributed by atoms with E-state index in [1.807, 2.05) is 0 Å². The standard InChI is InChI=1S/C13H13NO5/c1-2-19-13(16)5-3-4-10-6-7-12(14(17)18)11(8-10)9-15/h6-8,15H,2,5,9H2,1H3. The minimum absolute atomic E-state index is 0.0424. The fourth-order valence-corrected chi connectivity index (χ4v) is 1.40. The minimum Gasteiger partial charge on any atom is -0.465 e. The predicted octanol–water partition coefficient (Wildman–Crippen LogP) is 1.39. The molecule has 0 aliphatic carbocycles. The summed E-state index contributed by atoms with van der Waals surface area (Å²) in [5.41, 5.74) is 0.533. The Hall–Kier alpha value is -2.39. The van der Waals surface area contributed by atoms with Gasteiger partial charge in [-0.15, -0.1) is 0 Å². The molecule has 0 unspecified atom stereocenters. The highest BCUT2D eigenvalue weighted by molar-refractivity contribution is 5.72. The predicted molar refractivity (Wildman–Crippen MR) is 67.1 cm³/mol. The number of rotatable bonds is 4. The molecule has 1 rings (SSSR count). The summed E-state index contributed by atoms with van der Waals surface area (Å²) in [5, 5.41) is 19.7. The Balaban J connectivity index is 2.83. The molecule has 6 heteroatoms. The van der Waals surface area contributed by atoms with Crippen molar-refractivity contribution in [3.63, 3.8) is 0 Å². The Morgan fingerprint density at radius 2 is 2.26 bits per heavy atom. The van der Waals surface area contributed by atoms with E-state index in [2.05, 4.69) is 11.8 Å². The third-order valence-corrected chi connectivity index (χ3v) is 2.22. The summed E-state index contributed by atoms with van der Waals surface area (Å²) in [6.07, 6.45) is -0.0424. The lowest BCUT2D eigenvalue weighted by atomic mass is 10.1. The third-order valence-electron chi connectivity index (χ3n) is 2.22. The van der Waals surface area contributed by atoms with E-state index in [-0.39, 0.29) is 17.7 Å². The fourth-order valence-electron chi connectivity index (χ4n) is 1.40. The van der Waals surface area contributed by atoms with Crippen molar-refractivity contribution < 1.29 is 19.6 Å². The van der Waals surface area contributed by atoms with Crippen LogP contribution in [0.2, 0.25) is 0 Å². The monoisotopic (exact) mass is 263 g/mol. The molecule has 0 amide bonds. The number of nitrogens with zero attached hydrogens (tertiary/aromatic N) is 1. The molecule has 19 heavy (non-hydrogen) atoms. The average Bonchev–Trinajstić information content (AvgIpc) is 2.38. The molecule has 1 aromatic rings. The Morgan fingerprint density at radius 3 is 2.84 bits per heavy atom. The van der Waals surface area contributed by atoms with E-state index in [4.69, 9.17) is 9.84 Å². The van der Waals surface area contributed by atoms with Gasteiger partial charge in [0.2, 0.25) is 0 Å². The smallest absolute Gasteiger partial charge is 0.317 e. The van der Waals surface area contributed by atoms with Crippen LogP contribution in [-0.4, -0.2) is 22.6 Å². The SMILES string of the molecule is CCOC(=O)CC#Cc1ccc([N+](=O)[O-])c(CO)c1. The lowest BCUT2D eigenvalue weighted by Crippen LogP contribution is -2.01. The van der Waals surface area contributed by atoms with Crippen LogP contribution >= 0.6 is 0 Å². The topological polar surface area (TPSA) is 89.7 Å². The van der Waals surface area contributed by atoms with E-state index in [1.54, 1.807) is 6.92 Å². The van der Waals surface area contributed by atoms with Crippen LogP contribution < -0.4 is 0 Å². The van der Waals surface area contributed by atoms with E-state index < -0.39 is 17.5 Å². The van der Waals surface area contributed by atoms with Gasteiger partial charge in [-0.05, 0) is 19.1 Å². The molecule has 0 bridgehead atoms. The molecule has 0 atom stereocenters. The number of nitro groups is 1. The third kappa shape index (κ3) is 4.41. The molecule has 100 valence electrons. The molecule has 0 aromatic heterocycles. The number of aliphatic hydroxyl groups is 1. The normalized spacial score (nSPS) is 9.37. The summed E-state index contributed by atoms with van der Waals surface area (Å²) in [6, 6.07) is 4.17. The lowest BCUT2D eigenvalue weighted by molar-refractivity contribution is -0.385. The second-order valence-corrected chi connectivity index (χ2v) is 3.54. The second-order valence-electron chi connectivity index (χ2n) is 3.54.